The third-order valence-electron chi connectivity index (χ3n) is 3.13. The summed E-state index contributed by atoms with van der Waals surface area (Å²) in [4.78, 5) is 8.82. The molecule has 0 fully saturated rings. The second kappa shape index (κ2) is 5.54. The molecule has 104 valence electrons. The van der Waals surface area contributed by atoms with Crippen LogP contribution in [0.1, 0.15) is 0 Å². The third kappa shape index (κ3) is 2.73. The van der Waals surface area contributed by atoms with Gasteiger partial charge in [-0.3, -0.25) is 4.98 Å². The lowest BCUT2D eigenvalue weighted by molar-refractivity contribution is 0.631. The van der Waals surface area contributed by atoms with Crippen LogP contribution in [0, 0.1) is 5.82 Å². The minimum absolute atomic E-state index is 0.305. The monoisotopic (exact) mass is 297 g/mol. The fourth-order valence-corrected chi connectivity index (χ4v) is 2.37. The first-order chi connectivity index (χ1) is 10.1. The number of benzene rings is 2. The fourth-order valence-electron chi connectivity index (χ4n) is 2.09. The van der Waals surface area contributed by atoms with Crippen molar-refractivity contribution >= 4 is 18.4 Å². The molecule has 2 N–H and O–H groups in total. The number of nitrogens with zero attached hydrogens (tertiary/aromatic N) is 2. The summed E-state index contributed by atoms with van der Waals surface area (Å²) in [7, 11) is 0. The van der Waals surface area contributed by atoms with E-state index in [0.717, 1.165) is 16.0 Å². The average Bonchev–Trinajstić information content (AvgIpc) is 2.49. The number of hydrogen-bond donors (Lipinski definition) is 2. The van der Waals surface area contributed by atoms with E-state index < -0.39 is 0 Å². The van der Waals surface area contributed by atoms with Crippen LogP contribution in [0.15, 0.2) is 59.8 Å². The van der Waals surface area contributed by atoms with Crippen molar-refractivity contribution in [1.29, 1.82) is 0 Å². The Morgan fingerprint density at radius 1 is 0.952 bits per heavy atom. The van der Waals surface area contributed by atoms with Gasteiger partial charge in [-0.05, 0) is 29.3 Å². The van der Waals surface area contributed by atoms with Crippen molar-refractivity contribution < 1.29 is 4.39 Å². The van der Waals surface area contributed by atoms with Crippen molar-refractivity contribution in [1.82, 2.24) is 9.97 Å². The Hall–Kier alpha value is -2.40. The Labute approximate surface area is 127 Å². The Morgan fingerprint density at radius 3 is 2.43 bits per heavy atom. The van der Waals surface area contributed by atoms with E-state index in [0.29, 0.717) is 17.1 Å². The molecule has 0 saturated heterocycles. The van der Waals surface area contributed by atoms with Gasteiger partial charge >= 0.3 is 0 Å². The van der Waals surface area contributed by atoms with Crippen molar-refractivity contribution in [2.45, 2.75) is 4.90 Å². The third-order valence-corrected chi connectivity index (χ3v) is 3.52. The summed E-state index contributed by atoms with van der Waals surface area (Å²) >= 11 is 4.39. The molecule has 0 atom stereocenters. The maximum Gasteiger partial charge on any atom is 0.141 e. The molecule has 2 aromatic carbocycles. The summed E-state index contributed by atoms with van der Waals surface area (Å²) in [6.45, 7) is 0. The average molecular weight is 297 g/mol. The molecule has 0 unspecified atom stereocenters. The van der Waals surface area contributed by atoms with E-state index in [-0.39, 0.29) is 5.82 Å². The molecule has 3 rings (SSSR count). The lowest BCUT2D eigenvalue weighted by atomic mass is 10.0. The van der Waals surface area contributed by atoms with Gasteiger partial charge in [0.1, 0.15) is 11.6 Å². The summed E-state index contributed by atoms with van der Waals surface area (Å²) in [5.41, 5.74) is 7.98. The molecular weight excluding hydrogens is 285 g/mol. The highest BCUT2D eigenvalue weighted by Crippen LogP contribution is 2.30. The molecule has 0 spiro atoms. The standard InChI is InChI=1S/C16H12FN3S/c17-13-7-10(11-3-1-2-4-15(11)21)5-6-12(13)14-8-20-16(18)9-19-14/h1-9,21H,(H2,18,20). The molecule has 21 heavy (non-hydrogen) atoms. The molecule has 1 heterocycles. The lowest BCUT2D eigenvalue weighted by Crippen LogP contribution is -1.94. The molecule has 0 aliphatic carbocycles. The number of thiol groups is 1. The number of anilines is 1. The van der Waals surface area contributed by atoms with E-state index in [1.165, 1.54) is 18.5 Å². The van der Waals surface area contributed by atoms with Crippen LogP contribution in [0.2, 0.25) is 0 Å². The summed E-state index contributed by atoms with van der Waals surface area (Å²) in [6.07, 6.45) is 2.87. The highest BCUT2D eigenvalue weighted by molar-refractivity contribution is 7.80. The first-order valence-electron chi connectivity index (χ1n) is 6.31. The van der Waals surface area contributed by atoms with Crippen molar-refractivity contribution in [3.05, 3.63) is 60.7 Å². The zero-order chi connectivity index (χ0) is 14.8. The molecule has 0 bridgehead atoms. The molecule has 0 amide bonds. The molecular formula is C16H12FN3S. The Bertz CT molecular complexity index is 788. The van der Waals surface area contributed by atoms with E-state index in [1.807, 2.05) is 30.3 Å². The molecule has 5 heteroatoms. The lowest BCUT2D eigenvalue weighted by Gasteiger charge is -2.08. The number of nitrogen functional groups attached to an aromatic ring is 1. The maximum absolute atomic E-state index is 14.3. The van der Waals surface area contributed by atoms with Crippen LogP contribution in [-0.2, 0) is 0 Å². The quantitative estimate of drug-likeness (QED) is 0.707. The van der Waals surface area contributed by atoms with E-state index in [4.69, 9.17) is 5.73 Å². The van der Waals surface area contributed by atoms with Crippen LogP contribution in [0.3, 0.4) is 0 Å². The van der Waals surface area contributed by atoms with Gasteiger partial charge < -0.3 is 5.73 Å². The Morgan fingerprint density at radius 2 is 1.76 bits per heavy atom. The molecule has 0 radical (unpaired) electrons. The van der Waals surface area contributed by atoms with Gasteiger partial charge in [0.2, 0.25) is 0 Å². The van der Waals surface area contributed by atoms with Crippen LogP contribution in [0.5, 0.6) is 0 Å². The molecule has 3 nitrogen and oxygen atoms in total. The maximum atomic E-state index is 14.3. The minimum atomic E-state index is -0.358. The van der Waals surface area contributed by atoms with E-state index in [2.05, 4.69) is 22.6 Å². The topological polar surface area (TPSA) is 51.8 Å². The van der Waals surface area contributed by atoms with Crippen molar-refractivity contribution in [2.75, 3.05) is 5.73 Å². The zero-order valence-electron chi connectivity index (χ0n) is 11.0. The number of nitrogens with two attached hydrogens (primary N) is 1. The largest absolute Gasteiger partial charge is 0.382 e. The van der Waals surface area contributed by atoms with Gasteiger partial charge in [0, 0.05) is 10.5 Å². The number of halogens is 1. The first kappa shape index (κ1) is 13.6. The van der Waals surface area contributed by atoms with Crippen LogP contribution < -0.4 is 5.73 Å². The van der Waals surface area contributed by atoms with Gasteiger partial charge in [0.25, 0.3) is 0 Å². The number of hydrogen-bond acceptors (Lipinski definition) is 4. The summed E-state index contributed by atoms with van der Waals surface area (Å²) < 4.78 is 14.3. The second-order valence-electron chi connectivity index (χ2n) is 4.54. The summed E-state index contributed by atoms with van der Waals surface area (Å²) in [5.74, 6) is -0.0528. The highest BCUT2D eigenvalue weighted by Gasteiger charge is 2.10. The Balaban J connectivity index is 2.04. The van der Waals surface area contributed by atoms with E-state index in [9.17, 15) is 4.39 Å². The van der Waals surface area contributed by atoms with E-state index >= 15 is 0 Å². The zero-order valence-corrected chi connectivity index (χ0v) is 11.9. The van der Waals surface area contributed by atoms with Crippen LogP contribution in [-0.4, -0.2) is 9.97 Å². The van der Waals surface area contributed by atoms with Gasteiger partial charge in [-0.1, -0.05) is 24.3 Å². The van der Waals surface area contributed by atoms with Crippen molar-refractivity contribution in [2.24, 2.45) is 0 Å². The predicted octanol–water partition coefficient (Wildman–Crippen LogP) is 3.82. The normalized spacial score (nSPS) is 10.6. The first-order valence-corrected chi connectivity index (χ1v) is 6.75. The SMILES string of the molecule is Nc1cnc(-c2ccc(-c3ccccc3S)cc2F)cn1. The van der Waals surface area contributed by atoms with E-state index in [1.54, 1.807) is 6.07 Å². The van der Waals surface area contributed by atoms with Crippen LogP contribution >= 0.6 is 12.6 Å². The second-order valence-corrected chi connectivity index (χ2v) is 5.02. The van der Waals surface area contributed by atoms with Gasteiger partial charge in [0.15, 0.2) is 0 Å². The number of rotatable bonds is 2. The fraction of sp³-hybridized carbons (Fsp3) is 0. The summed E-state index contributed by atoms with van der Waals surface area (Å²) in [6, 6.07) is 12.6. The van der Waals surface area contributed by atoms with Crippen LogP contribution in [0.25, 0.3) is 22.4 Å². The smallest absolute Gasteiger partial charge is 0.141 e. The molecule has 0 aliphatic rings. The molecule has 0 aliphatic heterocycles. The minimum Gasteiger partial charge on any atom is -0.382 e. The predicted molar refractivity (Wildman–Crippen MR) is 84.5 cm³/mol. The highest BCUT2D eigenvalue weighted by atomic mass is 32.1. The van der Waals surface area contributed by atoms with Gasteiger partial charge in [-0.25, -0.2) is 9.37 Å². The van der Waals surface area contributed by atoms with Gasteiger partial charge in [-0.2, -0.15) is 0 Å². The van der Waals surface area contributed by atoms with Crippen molar-refractivity contribution in [3.8, 4) is 22.4 Å². The Kier molecular flexibility index (Phi) is 3.58. The molecule has 1 aromatic heterocycles. The summed E-state index contributed by atoms with van der Waals surface area (Å²) in [5, 5.41) is 0. The molecule has 0 saturated carbocycles. The van der Waals surface area contributed by atoms with Gasteiger partial charge in [0.05, 0.1) is 18.1 Å². The van der Waals surface area contributed by atoms with Crippen LogP contribution in [0.4, 0.5) is 10.2 Å². The number of aromatic nitrogens is 2. The molecule has 3 aromatic rings. The van der Waals surface area contributed by atoms with Crippen molar-refractivity contribution in [3.63, 3.8) is 0 Å². The van der Waals surface area contributed by atoms with Gasteiger partial charge in [-0.15, -0.1) is 12.6 Å².